The molecule has 0 radical (unpaired) electrons. The molecule has 5 amide bonds. The Bertz CT molecular complexity index is 1940. The molecule has 3 atom stereocenters. The number of hydrogen-bond acceptors (Lipinski definition) is 11. The number of aromatic nitrogens is 2. The maximum atomic E-state index is 13.7. The van der Waals surface area contributed by atoms with Gasteiger partial charge in [0.25, 0.3) is 0 Å². The first-order valence-electron chi connectivity index (χ1n) is 22.7. The average molecular weight is 909 g/mol. The maximum Gasteiger partial charge on any atom is 0.315 e. The van der Waals surface area contributed by atoms with Gasteiger partial charge in [-0.15, -0.1) is 0 Å². The zero-order valence-electron chi connectivity index (χ0n) is 37.0. The van der Waals surface area contributed by atoms with Gasteiger partial charge in [0.05, 0.1) is 71.5 Å². The predicted molar refractivity (Wildman–Crippen MR) is 244 cm³/mol. The van der Waals surface area contributed by atoms with E-state index in [4.69, 9.17) is 23.9 Å². The Labute approximate surface area is 379 Å². The first-order valence-corrected chi connectivity index (χ1v) is 23.8. The Morgan fingerprint density at radius 2 is 1.44 bits per heavy atom. The number of amides is 5. The molecule has 3 aliphatic rings. The number of anilines is 2. The van der Waals surface area contributed by atoms with Crippen molar-refractivity contribution in [2.45, 2.75) is 95.1 Å². The second kappa shape index (κ2) is 26.3. The van der Waals surface area contributed by atoms with E-state index in [9.17, 15) is 23.6 Å². The van der Waals surface area contributed by atoms with Crippen molar-refractivity contribution in [2.75, 3.05) is 83.6 Å². The molecule has 64 heavy (non-hydrogen) atoms. The smallest absolute Gasteiger partial charge is 0.315 e. The average Bonchev–Trinajstić information content (AvgIpc) is 3.97. The molecule has 2 fully saturated rings. The monoisotopic (exact) mass is 908 g/mol. The molecule has 0 saturated carbocycles. The van der Waals surface area contributed by atoms with Crippen molar-refractivity contribution in [3.05, 3.63) is 65.7 Å². The lowest BCUT2D eigenvalue weighted by Crippen LogP contribution is -2.38. The normalized spacial score (nSPS) is 17.7. The van der Waals surface area contributed by atoms with Gasteiger partial charge in [0.15, 0.2) is 0 Å². The van der Waals surface area contributed by atoms with Crippen molar-refractivity contribution in [1.82, 2.24) is 35.7 Å². The minimum absolute atomic E-state index is 0.0270. The van der Waals surface area contributed by atoms with Crippen LogP contribution in [0.5, 0.6) is 0 Å². The molecule has 18 heteroatoms. The molecule has 3 unspecified atom stereocenters. The van der Waals surface area contributed by atoms with Crippen molar-refractivity contribution in [3.8, 4) is 11.3 Å². The van der Waals surface area contributed by atoms with Crippen molar-refractivity contribution in [3.63, 3.8) is 0 Å². The molecule has 0 spiro atoms. The van der Waals surface area contributed by atoms with Gasteiger partial charge in [-0.05, 0) is 69.0 Å². The number of unbranched alkanes of at least 4 members (excludes halogenated alkanes) is 3. The van der Waals surface area contributed by atoms with Crippen LogP contribution in [0.1, 0.15) is 69.2 Å². The fourth-order valence-corrected chi connectivity index (χ4v) is 9.40. The molecule has 1 aromatic heterocycles. The van der Waals surface area contributed by atoms with Crippen LogP contribution in [0.4, 0.5) is 20.7 Å². The summed E-state index contributed by atoms with van der Waals surface area (Å²) >= 11 is 1.89. The number of carbonyl (C=O) groups excluding carboxylic acids is 4. The van der Waals surface area contributed by atoms with E-state index in [0.717, 1.165) is 78.4 Å². The summed E-state index contributed by atoms with van der Waals surface area (Å²) < 4.78 is 37.9. The highest BCUT2D eigenvalue weighted by atomic mass is 32.2. The van der Waals surface area contributed by atoms with Gasteiger partial charge >= 0.3 is 6.03 Å². The highest BCUT2D eigenvalue weighted by Crippen LogP contribution is 2.35. The second-order valence-electron chi connectivity index (χ2n) is 16.3. The highest BCUT2D eigenvalue weighted by molar-refractivity contribution is 8.00. The van der Waals surface area contributed by atoms with Gasteiger partial charge in [0.1, 0.15) is 23.2 Å². The Morgan fingerprint density at radius 1 is 0.766 bits per heavy atom. The van der Waals surface area contributed by atoms with E-state index in [1.165, 1.54) is 12.1 Å². The summed E-state index contributed by atoms with van der Waals surface area (Å²) in [5, 5.41) is 15.7. The number of nitrogens with one attached hydrogen (secondary N) is 5. The third-order valence-corrected chi connectivity index (χ3v) is 12.9. The van der Waals surface area contributed by atoms with Crippen LogP contribution in [-0.4, -0.2) is 134 Å². The van der Waals surface area contributed by atoms with E-state index < -0.39 is 0 Å². The van der Waals surface area contributed by atoms with Crippen LogP contribution in [-0.2, 0) is 46.4 Å². The minimum Gasteiger partial charge on any atom is -0.379 e. The lowest BCUT2D eigenvalue weighted by Gasteiger charge is -2.28. The molecule has 5 N–H and O–H groups in total. The minimum atomic E-state index is -0.309. The number of hydrogen-bond donors (Lipinski definition) is 5. The third kappa shape index (κ3) is 15.7. The first kappa shape index (κ1) is 48.7. The third-order valence-electron chi connectivity index (χ3n) is 11.4. The van der Waals surface area contributed by atoms with Gasteiger partial charge in [-0.1, -0.05) is 30.5 Å². The van der Waals surface area contributed by atoms with Crippen molar-refractivity contribution < 1.29 is 42.5 Å². The number of imidazole rings is 1. The number of benzene rings is 2. The number of urea groups is 1. The zero-order chi connectivity index (χ0) is 44.9. The van der Waals surface area contributed by atoms with E-state index in [1.807, 2.05) is 47.9 Å². The van der Waals surface area contributed by atoms with Crippen LogP contribution < -0.4 is 26.6 Å². The van der Waals surface area contributed by atoms with Crippen LogP contribution in [0.3, 0.4) is 0 Å². The molecule has 3 aliphatic heterocycles. The lowest BCUT2D eigenvalue weighted by atomic mass is 10.0. The highest BCUT2D eigenvalue weighted by Gasteiger charge is 2.42. The van der Waals surface area contributed by atoms with Crippen LogP contribution in [0, 0.1) is 12.7 Å². The number of rotatable bonds is 29. The number of fused-ring (bicyclic) bond motifs is 2. The van der Waals surface area contributed by atoms with Gasteiger partial charge in [0, 0.05) is 67.7 Å². The quantitative estimate of drug-likeness (QED) is 0.0464. The summed E-state index contributed by atoms with van der Waals surface area (Å²) in [4.78, 5) is 55.8. The standard InChI is InChI=1S/C46H65FN8O8S/c1-33-10-16-36(17-11-33)50-45-43(34-12-14-35(47)15-13-34)52-39-31-54(21-22-55(39)45)42(58)9-3-2-6-19-48-41(57)18-23-60-25-27-62-29-30-63-28-26-61-24-20-49-40(56)8-5-4-7-38-44-37(32-64-38)51-46(59)53-44/h10-17,37-38,44,50H,2-9,18-32H2,1H3,(H,48,57)(H,49,56)(H2,51,53,59). The number of carbonyl (C=O) groups is 4. The van der Waals surface area contributed by atoms with Crippen LogP contribution >= 0.6 is 11.8 Å². The maximum absolute atomic E-state index is 13.7. The zero-order valence-corrected chi connectivity index (χ0v) is 37.8. The topological polar surface area (TPSA) is 186 Å². The fourth-order valence-electron chi connectivity index (χ4n) is 7.86. The van der Waals surface area contributed by atoms with E-state index in [1.54, 1.807) is 12.1 Å². The molecule has 0 aliphatic carbocycles. The Kier molecular flexibility index (Phi) is 20.0. The number of nitrogens with zero attached hydrogens (tertiary/aromatic N) is 3. The molecule has 2 aromatic carbocycles. The van der Waals surface area contributed by atoms with E-state index in [2.05, 4.69) is 31.2 Å². The number of thioether (sulfide) groups is 1. The van der Waals surface area contributed by atoms with Crippen molar-refractivity contribution in [1.29, 1.82) is 0 Å². The van der Waals surface area contributed by atoms with Crippen molar-refractivity contribution >= 4 is 47.0 Å². The molecule has 3 aromatic rings. The number of halogens is 1. The number of aryl methyl sites for hydroxylation is 1. The van der Waals surface area contributed by atoms with Crippen LogP contribution in [0.25, 0.3) is 11.3 Å². The summed E-state index contributed by atoms with van der Waals surface area (Å²) in [6.07, 6.45) is 6.31. The summed E-state index contributed by atoms with van der Waals surface area (Å²) in [7, 11) is 0. The van der Waals surface area contributed by atoms with Gasteiger partial charge in [-0.3, -0.25) is 14.4 Å². The molecule has 4 heterocycles. The van der Waals surface area contributed by atoms with Crippen LogP contribution in [0.2, 0.25) is 0 Å². The largest absolute Gasteiger partial charge is 0.379 e. The summed E-state index contributed by atoms with van der Waals surface area (Å²) in [5.74, 6) is 2.29. The lowest BCUT2D eigenvalue weighted by molar-refractivity contribution is -0.133. The summed E-state index contributed by atoms with van der Waals surface area (Å²) in [5.41, 5.74) is 3.60. The Morgan fingerprint density at radius 3 is 2.19 bits per heavy atom. The van der Waals surface area contributed by atoms with Gasteiger partial charge in [-0.25, -0.2) is 14.2 Å². The molecular formula is C46H65FN8O8S. The molecule has 16 nitrogen and oxygen atoms in total. The molecular weight excluding hydrogens is 844 g/mol. The summed E-state index contributed by atoms with van der Waals surface area (Å²) in [6.45, 7) is 7.84. The SMILES string of the molecule is Cc1ccc(Nc2c(-c3ccc(F)cc3)nc3n2CCN(C(=O)CCCCCNC(=O)CCOCCOCCOCCOCCNC(=O)CCCCC2SCC4NC(=O)NC42)C3)cc1. The molecule has 350 valence electrons. The van der Waals surface area contributed by atoms with E-state index in [-0.39, 0.29) is 48.1 Å². The van der Waals surface area contributed by atoms with E-state index >= 15 is 0 Å². The number of ether oxygens (including phenoxy) is 4. The Balaban J connectivity index is 0.703. The van der Waals surface area contributed by atoms with Gasteiger partial charge in [-0.2, -0.15) is 11.8 Å². The predicted octanol–water partition coefficient (Wildman–Crippen LogP) is 5.06. The van der Waals surface area contributed by atoms with Crippen molar-refractivity contribution in [2.24, 2.45) is 0 Å². The first-order chi connectivity index (χ1) is 31.2. The summed E-state index contributed by atoms with van der Waals surface area (Å²) in [6, 6.07) is 14.8. The Hall–Kier alpha value is -4.75. The molecule has 0 bridgehead atoms. The van der Waals surface area contributed by atoms with Crippen LogP contribution in [0.15, 0.2) is 48.5 Å². The fraction of sp³-hybridized carbons (Fsp3) is 0.587. The molecule has 2 saturated heterocycles. The van der Waals surface area contributed by atoms with E-state index in [0.29, 0.717) is 104 Å². The van der Waals surface area contributed by atoms with Gasteiger partial charge < -0.3 is 55.0 Å². The van der Waals surface area contributed by atoms with Gasteiger partial charge in [0.2, 0.25) is 17.7 Å². The molecule has 6 rings (SSSR count). The second-order valence-corrected chi connectivity index (χ2v) is 17.5.